The summed E-state index contributed by atoms with van der Waals surface area (Å²) in [6.07, 6.45) is 43.6. The molecular weight excluding hydrogens is 737 g/mol. The molecule has 0 aliphatic carbocycles. The Bertz CT molecular complexity index is 1030. The van der Waals surface area contributed by atoms with Gasteiger partial charge < -0.3 is 18.9 Å². The molecule has 0 amide bonds. The minimum Gasteiger partial charge on any atom is -0.462 e. The minimum absolute atomic E-state index is 0.0314. The van der Waals surface area contributed by atoms with Crippen LogP contribution < -0.4 is 0 Å². The van der Waals surface area contributed by atoms with Gasteiger partial charge in [0.15, 0.2) is 6.10 Å². The number of phosphoric acid groups is 1. The fourth-order valence-corrected chi connectivity index (χ4v) is 7.22. The molecule has 0 saturated heterocycles. The molecule has 0 radical (unpaired) electrons. The second-order valence-electron chi connectivity index (χ2n) is 17.1. The molecule has 0 aliphatic heterocycles. The third-order valence-electron chi connectivity index (χ3n) is 10.2. The summed E-state index contributed by atoms with van der Waals surface area (Å²) in [5.74, 6) is -0.804. The van der Waals surface area contributed by atoms with Crippen molar-refractivity contribution in [3.05, 3.63) is 24.3 Å². The number of likely N-dealkylation sites (N-methyl/N-ethyl adjacent to an activating group) is 1. The van der Waals surface area contributed by atoms with E-state index < -0.39 is 26.5 Å². The Balaban J connectivity index is 4.30. The predicted octanol–water partition coefficient (Wildman–Crippen LogP) is 13.5. The zero-order valence-electron chi connectivity index (χ0n) is 37.8. The summed E-state index contributed by atoms with van der Waals surface area (Å²) in [5, 5.41) is 0. The number of quaternary nitrogens is 1. The molecule has 0 aromatic carbocycles. The summed E-state index contributed by atoms with van der Waals surface area (Å²) < 4.78 is 34.4. The maximum Gasteiger partial charge on any atom is 0.472 e. The van der Waals surface area contributed by atoms with E-state index in [1.807, 2.05) is 21.1 Å². The van der Waals surface area contributed by atoms with Gasteiger partial charge in [-0.05, 0) is 64.2 Å². The van der Waals surface area contributed by atoms with Gasteiger partial charge in [0.05, 0.1) is 27.7 Å². The van der Waals surface area contributed by atoms with Crippen LogP contribution in [0.2, 0.25) is 0 Å². The molecular formula is C47H91NO8P+. The lowest BCUT2D eigenvalue weighted by Crippen LogP contribution is -2.37. The van der Waals surface area contributed by atoms with E-state index in [1.165, 1.54) is 122 Å². The molecule has 0 aromatic rings. The van der Waals surface area contributed by atoms with Crippen LogP contribution in [0.5, 0.6) is 0 Å². The average molecular weight is 829 g/mol. The number of hydrogen-bond acceptors (Lipinski definition) is 7. The number of phosphoric ester groups is 1. The highest BCUT2D eigenvalue weighted by atomic mass is 31.2. The van der Waals surface area contributed by atoms with Crippen molar-refractivity contribution in [3.63, 3.8) is 0 Å². The third kappa shape index (κ3) is 43.9. The number of carbonyl (C=O) groups is 2. The molecule has 336 valence electrons. The first-order chi connectivity index (χ1) is 27.5. The van der Waals surface area contributed by atoms with Crippen molar-refractivity contribution in [2.75, 3.05) is 47.5 Å². The Kier molecular flexibility index (Phi) is 38.9. The van der Waals surface area contributed by atoms with Gasteiger partial charge in [0.2, 0.25) is 0 Å². The first-order valence-electron chi connectivity index (χ1n) is 23.6. The molecule has 57 heavy (non-hydrogen) atoms. The second kappa shape index (κ2) is 39.9. The first-order valence-corrected chi connectivity index (χ1v) is 25.1. The average Bonchev–Trinajstić information content (AvgIpc) is 3.16. The van der Waals surface area contributed by atoms with Crippen LogP contribution in [0.1, 0.15) is 213 Å². The molecule has 0 aliphatic rings. The molecule has 0 heterocycles. The normalized spacial score (nSPS) is 13.7. The summed E-state index contributed by atoms with van der Waals surface area (Å²) in [5.41, 5.74) is 0. The Hall–Kier alpha value is -1.51. The third-order valence-corrected chi connectivity index (χ3v) is 11.2. The summed E-state index contributed by atoms with van der Waals surface area (Å²) in [7, 11) is 1.48. The molecule has 0 fully saturated rings. The van der Waals surface area contributed by atoms with Gasteiger partial charge in [-0.25, -0.2) is 4.57 Å². The van der Waals surface area contributed by atoms with E-state index in [-0.39, 0.29) is 32.0 Å². The van der Waals surface area contributed by atoms with Crippen LogP contribution in [0, 0.1) is 0 Å². The second-order valence-corrected chi connectivity index (χ2v) is 18.6. The topological polar surface area (TPSA) is 108 Å². The molecule has 1 unspecified atom stereocenters. The maximum absolute atomic E-state index is 12.7. The molecule has 0 bridgehead atoms. The number of rotatable bonds is 43. The van der Waals surface area contributed by atoms with Crippen LogP contribution in [0.3, 0.4) is 0 Å². The van der Waals surface area contributed by atoms with Gasteiger partial charge in [-0.3, -0.25) is 18.6 Å². The Morgan fingerprint density at radius 3 is 1.30 bits per heavy atom. The fourth-order valence-electron chi connectivity index (χ4n) is 6.47. The van der Waals surface area contributed by atoms with Gasteiger partial charge in [0.25, 0.3) is 0 Å². The van der Waals surface area contributed by atoms with Gasteiger partial charge in [-0.15, -0.1) is 0 Å². The van der Waals surface area contributed by atoms with Crippen LogP contribution in [-0.4, -0.2) is 74.9 Å². The number of unbranched alkanes of at least 4 members (excludes halogenated alkanes) is 25. The number of carbonyl (C=O) groups excluding carboxylic acids is 2. The number of hydrogen-bond donors (Lipinski definition) is 1. The number of ether oxygens (including phenoxy) is 2. The zero-order valence-corrected chi connectivity index (χ0v) is 38.7. The fraction of sp³-hybridized carbons (Fsp3) is 0.872. The monoisotopic (exact) mass is 829 g/mol. The highest BCUT2D eigenvalue weighted by Gasteiger charge is 2.27. The number of nitrogens with zero attached hydrogens (tertiary/aromatic N) is 1. The van der Waals surface area contributed by atoms with Gasteiger partial charge in [-0.1, -0.05) is 160 Å². The Morgan fingerprint density at radius 2 is 0.895 bits per heavy atom. The summed E-state index contributed by atoms with van der Waals surface area (Å²) in [6, 6.07) is 0. The minimum atomic E-state index is -4.38. The molecule has 0 aromatic heterocycles. The standard InChI is InChI=1S/C47H90NO8P/c1-6-8-10-12-14-16-18-20-22-23-24-25-26-28-30-32-34-36-38-40-47(50)56-45(44-55-57(51,52)54-42-41-48(3,4)5)43-53-46(49)39-37-35-33-31-29-27-21-19-17-15-13-11-9-7-2/h19-22,45H,6-18,23-44H2,1-5H3/p+1/b21-19+,22-20+/t45-/m1/s1. The SMILES string of the molecule is CCCCCCC/C=C/CCCCCCCC(=O)OC[C@H](COP(=O)(O)OCC[N+](C)(C)C)OC(=O)CCCCCCCCCCC/C=C/CCCCCCCC. The smallest absolute Gasteiger partial charge is 0.462 e. The van der Waals surface area contributed by atoms with Crippen LogP contribution in [0.4, 0.5) is 0 Å². The van der Waals surface area contributed by atoms with Crippen molar-refractivity contribution in [3.8, 4) is 0 Å². The lowest BCUT2D eigenvalue weighted by Gasteiger charge is -2.24. The first kappa shape index (κ1) is 55.5. The molecule has 1 N–H and O–H groups in total. The van der Waals surface area contributed by atoms with Crippen LogP contribution in [-0.2, 0) is 32.7 Å². The largest absolute Gasteiger partial charge is 0.472 e. The van der Waals surface area contributed by atoms with E-state index in [2.05, 4.69) is 38.2 Å². The summed E-state index contributed by atoms with van der Waals surface area (Å²) in [6.45, 7) is 4.42. The van der Waals surface area contributed by atoms with E-state index in [0.717, 1.165) is 57.8 Å². The van der Waals surface area contributed by atoms with Gasteiger partial charge in [-0.2, -0.15) is 0 Å². The van der Waals surface area contributed by atoms with E-state index >= 15 is 0 Å². The highest BCUT2D eigenvalue weighted by Crippen LogP contribution is 2.43. The van der Waals surface area contributed by atoms with Gasteiger partial charge in [0.1, 0.15) is 19.8 Å². The number of esters is 2. The van der Waals surface area contributed by atoms with Gasteiger partial charge in [0, 0.05) is 12.8 Å². The Morgan fingerprint density at radius 1 is 0.526 bits per heavy atom. The van der Waals surface area contributed by atoms with Crippen LogP contribution >= 0.6 is 7.82 Å². The van der Waals surface area contributed by atoms with E-state index in [1.54, 1.807) is 0 Å². The van der Waals surface area contributed by atoms with Crippen molar-refractivity contribution in [2.45, 2.75) is 219 Å². The van der Waals surface area contributed by atoms with Crippen LogP contribution in [0.15, 0.2) is 24.3 Å². The van der Waals surface area contributed by atoms with E-state index in [9.17, 15) is 19.0 Å². The highest BCUT2D eigenvalue weighted by molar-refractivity contribution is 7.47. The Labute approximate surface area is 351 Å². The number of allylic oxidation sites excluding steroid dienone is 4. The van der Waals surface area contributed by atoms with Crippen molar-refractivity contribution in [2.24, 2.45) is 0 Å². The van der Waals surface area contributed by atoms with Gasteiger partial charge >= 0.3 is 19.8 Å². The molecule has 10 heteroatoms. The summed E-state index contributed by atoms with van der Waals surface area (Å²) in [4.78, 5) is 35.4. The van der Waals surface area contributed by atoms with Crippen molar-refractivity contribution in [1.82, 2.24) is 0 Å². The quantitative estimate of drug-likeness (QED) is 0.0213. The summed E-state index contributed by atoms with van der Waals surface area (Å²) >= 11 is 0. The zero-order chi connectivity index (χ0) is 42.1. The van der Waals surface area contributed by atoms with E-state index in [4.69, 9.17) is 18.5 Å². The molecule has 9 nitrogen and oxygen atoms in total. The van der Waals surface area contributed by atoms with Crippen molar-refractivity contribution >= 4 is 19.8 Å². The van der Waals surface area contributed by atoms with Crippen molar-refractivity contribution in [1.29, 1.82) is 0 Å². The molecule has 0 rings (SSSR count). The lowest BCUT2D eigenvalue weighted by atomic mass is 10.1. The predicted molar refractivity (Wildman–Crippen MR) is 238 cm³/mol. The van der Waals surface area contributed by atoms with E-state index in [0.29, 0.717) is 17.4 Å². The molecule has 0 spiro atoms. The maximum atomic E-state index is 12.7. The lowest BCUT2D eigenvalue weighted by molar-refractivity contribution is -0.870. The molecule has 2 atom stereocenters. The van der Waals surface area contributed by atoms with Crippen LogP contribution in [0.25, 0.3) is 0 Å². The van der Waals surface area contributed by atoms with Crippen molar-refractivity contribution < 1.29 is 42.1 Å². The molecule has 0 saturated carbocycles.